The van der Waals surface area contributed by atoms with Gasteiger partial charge in [0.2, 0.25) is 0 Å². The Kier molecular flexibility index (Phi) is 4.44. The lowest BCUT2D eigenvalue weighted by molar-refractivity contribution is 0.395. The van der Waals surface area contributed by atoms with Crippen LogP contribution >= 0.6 is 23.8 Å². The maximum Gasteiger partial charge on any atom is 0.184 e. The molecule has 1 heterocycles. The van der Waals surface area contributed by atoms with Crippen LogP contribution in [0.3, 0.4) is 0 Å². The van der Waals surface area contributed by atoms with Crippen molar-refractivity contribution in [2.45, 2.75) is 38.6 Å². The van der Waals surface area contributed by atoms with Crippen LogP contribution in [0.1, 0.15) is 44.2 Å². The van der Waals surface area contributed by atoms with E-state index in [-0.39, 0.29) is 10.7 Å². The van der Waals surface area contributed by atoms with E-state index in [1.807, 2.05) is 6.07 Å². The van der Waals surface area contributed by atoms with E-state index < -0.39 is 0 Å². The van der Waals surface area contributed by atoms with Gasteiger partial charge in [-0.2, -0.15) is 5.10 Å². The normalized spacial score (nSPS) is 20.4. The third-order valence-corrected chi connectivity index (χ3v) is 4.55. The Morgan fingerprint density at radius 1 is 1.57 bits per heavy atom. The molecule has 0 radical (unpaired) electrons. The summed E-state index contributed by atoms with van der Waals surface area (Å²) < 4.78 is 0. The number of nitrogens with two attached hydrogens (primary N) is 1. The first kappa shape index (κ1) is 16.0. The van der Waals surface area contributed by atoms with E-state index in [1.165, 1.54) is 11.3 Å². The molecule has 0 spiro atoms. The molecule has 1 aliphatic heterocycles. The number of anilines is 1. The number of benzene rings is 1. The highest BCUT2D eigenvalue weighted by atomic mass is 35.5. The van der Waals surface area contributed by atoms with Gasteiger partial charge >= 0.3 is 0 Å². The highest BCUT2D eigenvalue weighted by Crippen LogP contribution is 2.43. The number of fused-ring (bicyclic) bond motifs is 1. The van der Waals surface area contributed by atoms with Gasteiger partial charge in [-0.25, -0.2) is 0 Å². The summed E-state index contributed by atoms with van der Waals surface area (Å²) in [7, 11) is 2.11. The maximum atomic E-state index is 6.37. The molecule has 0 aromatic heterocycles. The highest BCUT2D eigenvalue weighted by Gasteiger charge is 2.34. The quantitative estimate of drug-likeness (QED) is 0.498. The summed E-state index contributed by atoms with van der Waals surface area (Å²) >= 11 is 11.1. The van der Waals surface area contributed by atoms with Gasteiger partial charge in [-0.1, -0.05) is 18.5 Å². The van der Waals surface area contributed by atoms with Crippen LogP contribution < -0.4 is 16.1 Å². The summed E-state index contributed by atoms with van der Waals surface area (Å²) in [6.07, 6.45) is 2.74. The summed E-state index contributed by atoms with van der Waals surface area (Å²) in [5.74, 6) is 0.471. The second-order valence-electron chi connectivity index (χ2n) is 6.14. The summed E-state index contributed by atoms with van der Waals surface area (Å²) in [4.78, 5) is 2.29. The number of thiocarbonyl (C=S) groups is 1. The molecule has 114 valence electrons. The van der Waals surface area contributed by atoms with E-state index in [1.54, 1.807) is 6.21 Å². The second kappa shape index (κ2) is 5.81. The zero-order chi connectivity index (χ0) is 15.8. The van der Waals surface area contributed by atoms with Gasteiger partial charge in [0, 0.05) is 23.8 Å². The van der Waals surface area contributed by atoms with Crippen LogP contribution in [-0.4, -0.2) is 23.9 Å². The van der Waals surface area contributed by atoms with Gasteiger partial charge in [0.1, 0.15) is 0 Å². The minimum absolute atomic E-state index is 0.124. The third-order valence-electron chi connectivity index (χ3n) is 4.13. The van der Waals surface area contributed by atoms with Crippen LogP contribution in [0.4, 0.5) is 5.69 Å². The lowest BCUT2D eigenvalue weighted by atomic mass is 9.80. The number of hydrazone groups is 1. The van der Waals surface area contributed by atoms with Gasteiger partial charge in [-0.05, 0) is 56.1 Å². The van der Waals surface area contributed by atoms with Crippen molar-refractivity contribution < 1.29 is 0 Å². The molecule has 0 unspecified atom stereocenters. The van der Waals surface area contributed by atoms with Crippen molar-refractivity contribution >= 4 is 40.8 Å². The third kappa shape index (κ3) is 3.30. The molecule has 1 aliphatic rings. The van der Waals surface area contributed by atoms with Crippen molar-refractivity contribution in [2.24, 2.45) is 10.8 Å². The predicted molar refractivity (Wildman–Crippen MR) is 94.5 cm³/mol. The first-order valence-corrected chi connectivity index (χ1v) is 7.67. The number of hydrogen-bond acceptors (Lipinski definition) is 3. The number of nitrogens with one attached hydrogen (secondary N) is 1. The lowest BCUT2D eigenvalue weighted by Crippen LogP contribution is -2.45. The largest absolute Gasteiger partial charge is 0.375 e. The Balaban J connectivity index is 2.41. The van der Waals surface area contributed by atoms with Crippen LogP contribution in [0.2, 0.25) is 5.02 Å². The van der Waals surface area contributed by atoms with Crippen LogP contribution in [0.25, 0.3) is 0 Å². The van der Waals surface area contributed by atoms with Crippen LogP contribution in [0.5, 0.6) is 0 Å². The SMILES string of the molecule is C[C@@H]1CC(C)(C)N(C)c2cc(Cl)c(/C=N\NC(N)=S)cc21. The summed E-state index contributed by atoms with van der Waals surface area (Å²) in [5.41, 5.74) is 11.3. The molecule has 0 saturated heterocycles. The smallest absolute Gasteiger partial charge is 0.184 e. The molecule has 4 nitrogen and oxygen atoms in total. The molecule has 0 fully saturated rings. The molecule has 6 heteroatoms. The van der Waals surface area contributed by atoms with E-state index in [0.717, 1.165) is 12.0 Å². The van der Waals surface area contributed by atoms with Crippen LogP contribution in [-0.2, 0) is 0 Å². The number of halogens is 1. The number of nitrogens with zero attached hydrogens (tertiary/aromatic N) is 2. The Morgan fingerprint density at radius 3 is 2.86 bits per heavy atom. The molecule has 1 aromatic rings. The molecule has 1 aromatic carbocycles. The molecular weight excluding hydrogens is 304 g/mol. The molecular formula is C15H21ClN4S. The minimum atomic E-state index is 0.124. The average Bonchev–Trinajstić information content (AvgIpc) is 2.36. The van der Waals surface area contributed by atoms with E-state index in [9.17, 15) is 0 Å². The van der Waals surface area contributed by atoms with E-state index >= 15 is 0 Å². The topological polar surface area (TPSA) is 53.6 Å². The van der Waals surface area contributed by atoms with Crippen molar-refractivity contribution in [1.29, 1.82) is 0 Å². The molecule has 3 N–H and O–H groups in total. The van der Waals surface area contributed by atoms with Gasteiger partial charge < -0.3 is 10.6 Å². The Hall–Kier alpha value is -1.33. The van der Waals surface area contributed by atoms with Crippen LogP contribution in [0, 0.1) is 0 Å². The Bertz CT molecular complexity index is 598. The van der Waals surface area contributed by atoms with Gasteiger partial charge in [0.15, 0.2) is 5.11 Å². The molecule has 0 bridgehead atoms. The van der Waals surface area contributed by atoms with E-state index in [0.29, 0.717) is 10.9 Å². The Labute approximate surface area is 136 Å². The van der Waals surface area contributed by atoms with Gasteiger partial charge in [0.05, 0.1) is 11.2 Å². The molecule has 1 atom stereocenters. The predicted octanol–water partition coefficient (Wildman–Crippen LogP) is 3.23. The molecule has 21 heavy (non-hydrogen) atoms. The highest BCUT2D eigenvalue weighted by molar-refractivity contribution is 7.80. The van der Waals surface area contributed by atoms with Crippen LogP contribution in [0.15, 0.2) is 17.2 Å². The summed E-state index contributed by atoms with van der Waals surface area (Å²) in [5, 5.41) is 4.78. The van der Waals surface area contributed by atoms with Gasteiger partial charge in [-0.3, -0.25) is 5.43 Å². The molecule has 0 saturated carbocycles. The standard InChI is InChI=1S/C15H21ClN4S/c1-9-7-15(2,3)20(4)13-6-12(16)10(5-11(9)13)8-18-19-14(17)21/h5-6,8-9H,7H2,1-4H3,(H3,17,19,21)/b18-8-/t9-/m1/s1. The van der Waals surface area contributed by atoms with Crippen molar-refractivity contribution in [3.63, 3.8) is 0 Å². The average molecular weight is 325 g/mol. The second-order valence-corrected chi connectivity index (χ2v) is 6.99. The Morgan fingerprint density at radius 2 is 2.24 bits per heavy atom. The van der Waals surface area contributed by atoms with E-state index in [4.69, 9.17) is 29.6 Å². The monoisotopic (exact) mass is 324 g/mol. The van der Waals surface area contributed by atoms with Crippen molar-refractivity contribution in [3.8, 4) is 0 Å². The van der Waals surface area contributed by atoms with E-state index in [2.05, 4.69) is 49.3 Å². The fourth-order valence-corrected chi connectivity index (χ4v) is 3.13. The van der Waals surface area contributed by atoms with Gasteiger partial charge in [0.25, 0.3) is 0 Å². The fourth-order valence-electron chi connectivity index (χ4n) is 2.87. The zero-order valence-corrected chi connectivity index (χ0v) is 14.3. The maximum absolute atomic E-state index is 6.37. The zero-order valence-electron chi connectivity index (χ0n) is 12.8. The first-order chi connectivity index (χ1) is 9.72. The van der Waals surface area contributed by atoms with Gasteiger partial charge in [-0.15, -0.1) is 0 Å². The summed E-state index contributed by atoms with van der Waals surface area (Å²) in [6, 6.07) is 4.11. The van der Waals surface area contributed by atoms with Crippen molar-refractivity contribution in [1.82, 2.24) is 5.43 Å². The first-order valence-electron chi connectivity index (χ1n) is 6.88. The van der Waals surface area contributed by atoms with Crippen molar-refractivity contribution in [2.75, 3.05) is 11.9 Å². The summed E-state index contributed by atoms with van der Waals surface area (Å²) in [6.45, 7) is 6.75. The number of hydrogen-bond donors (Lipinski definition) is 2. The lowest BCUT2D eigenvalue weighted by Gasteiger charge is -2.45. The molecule has 0 aliphatic carbocycles. The minimum Gasteiger partial charge on any atom is -0.375 e. The van der Waals surface area contributed by atoms with Crippen molar-refractivity contribution in [3.05, 3.63) is 28.3 Å². The fraction of sp³-hybridized carbons (Fsp3) is 0.467. The molecule has 2 rings (SSSR count). The molecule has 0 amide bonds. The number of rotatable bonds is 2.